The Morgan fingerprint density at radius 3 is 1.19 bits per heavy atom. The molecule has 16 amide bonds. The molecule has 0 spiro atoms. The molecule has 99 heavy (non-hydrogen) atoms. The summed E-state index contributed by atoms with van der Waals surface area (Å²) in [5.41, 5.74) is 1.21. The van der Waals surface area contributed by atoms with Gasteiger partial charge in [0.1, 0.15) is 18.7 Å². The number of nitrogens with zero attached hydrogens (tertiary/aromatic N) is 12. The van der Waals surface area contributed by atoms with Crippen molar-refractivity contribution < 1.29 is 86.2 Å². The van der Waals surface area contributed by atoms with Crippen LogP contribution in [0.1, 0.15) is 98.6 Å². The van der Waals surface area contributed by atoms with Crippen molar-refractivity contribution in [1.29, 1.82) is 0 Å². The molecule has 1 aromatic rings. The number of carbonyl (C=O) groups excluding carboxylic acids is 17. The lowest BCUT2D eigenvalue weighted by atomic mass is 9.94. The van der Waals surface area contributed by atoms with E-state index in [2.05, 4.69) is 16.0 Å². The molecule has 3 N–H and O–H groups in total. The smallest absolute Gasteiger partial charge is 0.308 e. The second kappa shape index (κ2) is 40.3. The molecular weight excluding hydrogens is 1290 g/mol. The van der Waals surface area contributed by atoms with Gasteiger partial charge in [0.05, 0.1) is 71.4 Å². The van der Waals surface area contributed by atoms with E-state index < -0.39 is 147 Å². The summed E-state index contributed by atoms with van der Waals surface area (Å²) in [4.78, 5) is 233. The number of carbonyl (C=O) groups is 17. The molecule has 1 aliphatic rings. The first-order valence-electron chi connectivity index (χ1n) is 32.6. The number of anilines is 1. The van der Waals surface area contributed by atoms with E-state index in [0.29, 0.717) is 30.4 Å². The van der Waals surface area contributed by atoms with Crippen LogP contribution in [0.15, 0.2) is 18.2 Å². The Balaban J connectivity index is 1.94. The van der Waals surface area contributed by atoms with Gasteiger partial charge in [-0.1, -0.05) is 54.0 Å². The standard InChI is InChI=1S/C66H105N15O18/c1-41(2)49-28-51(84)81(65(49)97)26-22-20-21-23-50(83)69-62(42(3)4)64(96)67-44(7)63(95)68-48-25-24-46(40-99-66(98)43(5)6)47(27-48)29-71(10)53(86)31-73(12)55(88)33-75(14)57(90)35-77(16)59(92)37-79(18)61(94)39-80(19)60(93)38-78(17)58(91)36-76(15)56(89)34-74(13)54(87)32-72(11)52(85)30-70(9)45(8)82/h24-25,27,41-44,49,62H,20-23,26,28-40H2,1-19H3,(H,67,96)(H,68,95)(H,69,83)/t44-,49?,62-/m0/s1. The summed E-state index contributed by atoms with van der Waals surface area (Å²) in [5, 5.41) is 8.18. The van der Waals surface area contributed by atoms with E-state index in [1.54, 1.807) is 45.9 Å². The molecule has 1 aliphatic heterocycles. The maximum atomic E-state index is 13.7. The Bertz CT molecular complexity index is 3140. The Morgan fingerprint density at radius 1 is 0.475 bits per heavy atom. The van der Waals surface area contributed by atoms with Crippen LogP contribution in [0.4, 0.5) is 5.69 Å². The summed E-state index contributed by atoms with van der Waals surface area (Å²) in [7, 11) is 14.8. The van der Waals surface area contributed by atoms with Gasteiger partial charge in [0.25, 0.3) is 0 Å². The first-order chi connectivity index (χ1) is 46.0. The zero-order valence-corrected chi connectivity index (χ0v) is 61.1. The van der Waals surface area contributed by atoms with Crippen molar-refractivity contribution in [1.82, 2.24) is 69.4 Å². The summed E-state index contributed by atoms with van der Waals surface area (Å²) in [5.74, 6) is -10.0. The van der Waals surface area contributed by atoms with Crippen molar-refractivity contribution in [3.05, 3.63) is 29.3 Å². The highest BCUT2D eigenvalue weighted by Gasteiger charge is 2.40. The van der Waals surface area contributed by atoms with Gasteiger partial charge >= 0.3 is 5.97 Å². The van der Waals surface area contributed by atoms with Crippen LogP contribution in [0.2, 0.25) is 0 Å². The number of likely N-dealkylation sites (N-methyl/N-ethyl adjacent to an activating group) is 11. The lowest BCUT2D eigenvalue weighted by molar-refractivity contribution is -0.149. The molecule has 2 rings (SSSR count). The van der Waals surface area contributed by atoms with Crippen LogP contribution in [0.3, 0.4) is 0 Å². The van der Waals surface area contributed by atoms with E-state index >= 15 is 0 Å². The average Bonchev–Trinajstić information content (AvgIpc) is 1.77. The fourth-order valence-electron chi connectivity index (χ4n) is 9.39. The lowest BCUT2D eigenvalue weighted by Gasteiger charge is -2.27. The largest absolute Gasteiger partial charge is 0.461 e. The predicted molar refractivity (Wildman–Crippen MR) is 361 cm³/mol. The van der Waals surface area contributed by atoms with Crippen LogP contribution >= 0.6 is 0 Å². The van der Waals surface area contributed by atoms with Crippen LogP contribution in [0, 0.1) is 23.7 Å². The highest BCUT2D eigenvalue weighted by Crippen LogP contribution is 2.27. The Kier molecular flexibility index (Phi) is 34.8. The summed E-state index contributed by atoms with van der Waals surface area (Å²) < 4.78 is 5.50. The number of imide groups is 1. The van der Waals surface area contributed by atoms with Crippen LogP contribution in [0.25, 0.3) is 0 Å². The van der Waals surface area contributed by atoms with Gasteiger partial charge in [0, 0.05) is 122 Å². The molecule has 0 aliphatic carbocycles. The molecule has 0 bridgehead atoms. The van der Waals surface area contributed by atoms with E-state index in [1.165, 1.54) is 106 Å². The number of amides is 16. The molecule has 1 unspecified atom stereocenters. The van der Waals surface area contributed by atoms with E-state index in [-0.39, 0.29) is 92.7 Å². The van der Waals surface area contributed by atoms with Gasteiger partial charge in [0.15, 0.2) is 0 Å². The van der Waals surface area contributed by atoms with Gasteiger partial charge in [-0.05, 0) is 54.9 Å². The molecule has 1 aromatic carbocycles. The minimum absolute atomic E-state index is 0.0589. The third kappa shape index (κ3) is 28.4. The number of nitrogens with one attached hydrogen (secondary N) is 3. The molecule has 1 heterocycles. The lowest BCUT2D eigenvalue weighted by Crippen LogP contribution is -2.53. The average molecular weight is 1400 g/mol. The van der Waals surface area contributed by atoms with Crippen molar-refractivity contribution in [2.45, 2.75) is 113 Å². The fourth-order valence-corrected chi connectivity index (χ4v) is 9.39. The normalized spacial score (nSPS) is 13.2. The quantitative estimate of drug-likeness (QED) is 0.0371. The van der Waals surface area contributed by atoms with Crippen molar-refractivity contribution in [2.75, 3.05) is 155 Å². The Labute approximate surface area is 580 Å². The maximum Gasteiger partial charge on any atom is 0.308 e. The van der Waals surface area contributed by atoms with Crippen molar-refractivity contribution >= 4 is 106 Å². The van der Waals surface area contributed by atoms with Gasteiger partial charge in [-0.25, -0.2) is 0 Å². The van der Waals surface area contributed by atoms with Crippen molar-refractivity contribution in [2.24, 2.45) is 23.7 Å². The zero-order chi connectivity index (χ0) is 75.6. The molecule has 33 nitrogen and oxygen atoms in total. The number of likely N-dealkylation sites (tertiary alicyclic amines) is 1. The minimum Gasteiger partial charge on any atom is -0.461 e. The minimum atomic E-state index is -1.10. The maximum absolute atomic E-state index is 13.7. The van der Waals surface area contributed by atoms with Crippen molar-refractivity contribution in [3.8, 4) is 0 Å². The second-order valence-electron chi connectivity index (χ2n) is 26.4. The van der Waals surface area contributed by atoms with Gasteiger partial charge in [0.2, 0.25) is 94.5 Å². The van der Waals surface area contributed by atoms with E-state index in [1.807, 2.05) is 13.8 Å². The van der Waals surface area contributed by atoms with Crippen LogP contribution in [-0.4, -0.2) is 321 Å². The molecule has 1 saturated heterocycles. The fraction of sp³-hybridized carbons (Fsp3) is 0.652. The summed E-state index contributed by atoms with van der Waals surface area (Å²) >= 11 is 0. The molecule has 3 atom stereocenters. The number of unbranched alkanes of at least 4 members (excludes halogenated alkanes) is 2. The Morgan fingerprint density at radius 2 is 0.848 bits per heavy atom. The van der Waals surface area contributed by atoms with Gasteiger partial charge in [-0.2, -0.15) is 0 Å². The molecule has 0 aromatic heterocycles. The second-order valence-corrected chi connectivity index (χ2v) is 26.4. The van der Waals surface area contributed by atoms with Gasteiger partial charge in [-0.3, -0.25) is 86.4 Å². The third-order valence-electron chi connectivity index (χ3n) is 16.6. The predicted octanol–water partition coefficient (Wildman–Crippen LogP) is -1.88. The van der Waals surface area contributed by atoms with Crippen LogP contribution in [-0.2, 0) is 99.4 Å². The molecule has 0 radical (unpaired) electrons. The zero-order valence-electron chi connectivity index (χ0n) is 61.1. The number of benzene rings is 1. The molecular formula is C66H105N15O18. The first-order valence-corrected chi connectivity index (χ1v) is 32.6. The summed E-state index contributed by atoms with van der Waals surface area (Å²) in [6.07, 6.45) is 1.87. The number of rotatable bonds is 38. The molecule has 1 fully saturated rings. The topological polar surface area (TPSA) is 374 Å². The van der Waals surface area contributed by atoms with Crippen LogP contribution < -0.4 is 16.0 Å². The highest BCUT2D eigenvalue weighted by atomic mass is 16.5. The van der Waals surface area contributed by atoms with Gasteiger partial charge < -0.3 is 74.6 Å². The summed E-state index contributed by atoms with van der Waals surface area (Å²) in [6, 6.07) is 2.65. The van der Waals surface area contributed by atoms with E-state index in [4.69, 9.17) is 4.74 Å². The number of esters is 1. The van der Waals surface area contributed by atoms with E-state index in [9.17, 15) is 81.5 Å². The summed E-state index contributed by atoms with van der Waals surface area (Å²) in [6.45, 7) is 8.91. The third-order valence-corrected chi connectivity index (χ3v) is 16.6. The first kappa shape index (κ1) is 85.5. The highest BCUT2D eigenvalue weighted by molar-refractivity contribution is 6.04. The molecule has 552 valence electrons. The monoisotopic (exact) mass is 1400 g/mol. The van der Waals surface area contributed by atoms with Crippen molar-refractivity contribution in [3.63, 3.8) is 0 Å². The van der Waals surface area contributed by atoms with Crippen LogP contribution in [0.5, 0.6) is 0 Å². The molecule has 0 saturated carbocycles. The Hall–Kier alpha value is -9.59. The number of hydrogen-bond acceptors (Lipinski definition) is 18. The SMILES string of the molecule is CC(=O)N(C)CC(=O)N(C)CC(=O)N(C)CC(=O)N(C)CC(=O)N(C)CC(=O)N(C)CC(=O)N(C)CC(=O)N(C)CC(=O)N(C)CC(=O)N(C)CC(=O)N(C)Cc1cc(NC(=O)[C@H](C)NC(=O)[C@@H](NC(=O)CCCCCN2C(=O)CC(C(C)C)C2=O)C(C)C)ccc1COC(=O)C(C)C. The van der Waals surface area contributed by atoms with Gasteiger partial charge in [-0.15, -0.1) is 0 Å². The number of hydrogen-bond donors (Lipinski definition) is 3. The van der Waals surface area contributed by atoms with E-state index in [0.717, 1.165) is 44.1 Å². The molecule has 33 heteroatoms. The number of ether oxygens (including phenoxy) is 1.